The summed E-state index contributed by atoms with van der Waals surface area (Å²) in [5.41, 5.74) is 6.16. The summed E-state index contributed by atoms with van der Waals surface area (Å²) in [7, 11) is 0. The number of urea groups is 1. The first kappa shape index (κ1) is 26.0. The van der Waals surface area contributed by atoms with E-state index >= 15 is 0 Å². The lowest BCUT2D eigenvalue weighted by Gasteiger charge is -2.14. The maximum absolute atomic E-state index is 12.5. The van der Waals surface area contributed by atoms with E-state index in [9.17, 15) is 22.8 Å². The van der Waals surface area contributed by atoms with Crippen LogP contribution in [0, 0.1) is 0 Å². The average Bonchev–Trinajstić information content (AvgIpc) is 2.78. The summed E-state index contributed by atoms with van der Waals surface area (Å²) in [4.78, 5) is 31.2. The number of nitrogens with zero attached hydrogens (tertiary/aromatic N) is 1. The fourth-order valence-electron chi connectivity index (χ4n) is 3.02. The molecule has 2 aromatic carbocycles. The number of para-hydroxylation sites is 2. The smallest absolute Gasteiger partial charge is 0.404 e. The van der Waals surface area contributed by atoms with Crippen LogP contribution in [0.2, 0.25) is 5.02 Å². The van der Waals surface area contributed by atoms with Crippen molar-refractivity contribution >= 4 is 29.3 Å². The quantitative estimate of drug-likeness (QED) is 0.275. The zero-order valence-electron chi connectivity index (χ0n) is 18.2. The molecule has 0 spiro atoms. The third-order valence-corrected chi connectivity index (χ3v) is 4.98. The number of anilines is 2. The predicted molar refractivity (Wildman–Crippen MR) is 126 cm³/mol. The van der Waals surface area contributed by atoms with Crippen LogP contribution in [0.15, 0.2) is 53.5 Å². The van der Waals surface area contributed by atoms with Crippen LogP contribution < -0.4 is 32.0 Å². The number of aromatic amines is 1. The predicted octanol–water partition coefficient (Wildman–Crippen LogP) is 4.07. The molecule has 0 atom stereocenters. The Balaban J connectivity index is 1.67. The number of hydrogen-bond donors (Lipinski definition) is 5. The summed E-state index contributed by atoms with van der Waals surface area (Å²) in [6.07, 6.45) is -2.75. The van der Waals surface area contributed by atoms with Crippen LogP contribution in [0.25, 0.3) is 11.1 Å². The van der Waals surface area contributed by atoms with Crippen LogP contribution >= 0.6 is 11.6 Å². The first-order chi connectivity index (χ1) is 16.7. The second-order valence-corrected chi connectivity index (χ2v) is 7.62. The lowest BCUT2D eigenvalue weighted by molar-refractivity contribution is -0.274. The molecule has 0 aliphatic heterocycles. The van der Waals surface area contributed by atoms with Gasteiger partial charge in [0.05, 0.1) is 11.3 Å². The topological polar surface area (TPSA) is 134 Å². The highest BCUT2D eigenvalue weighted by atomic mass is 35.5. The van der Waals surface area contributed by atoms with E-state index in [4.69, 9.17) is 17.3 Å². The zero-order chi connectivity index (χ0) is 25.4. The summed E-state index contributed by atoms with van der Waals surface area (Å²) in [5.74, 6) is -0.806. The van der Waals surface area contributed by atoms with Crippen molar-refractivity contribution in [3.05, 3.63) is 69.6 Å². The molecule has 0 bridgehead atoms. The first-order valence-electron chi connectivity index (χ1n) is 10.4. The SMILES string of the molecule is NCCCNCc1ccc(-c2c[nH]c(NC(=O)Nc3ccccc3OC(F)(F)F)nc2=O)cc1Cl. The summed E-state index contributed by atoms with van der Waals surface area (Å²) < 4.78 is 41.5. The Morgan fingerprint density at radius 3 is 2.63 bits per heavy atom. The van der Waals surface area contributed by atoms with Gasteiger partial charge in [0.1, 0.15) is 0 Å². The summed E-state index contributed by atoms with van der Waals surface area (Å²) in [6.45, 7) is 1.88. The van der Waals surface area contributed by atoms with Crippen LogP contribution in [0.3, 0.4) is 0 Å². The molecule has 2 amide bonds. The molecule has 1 aromatic heterocycles. The number of rotatable bonds is 9. The summed E-state index contributed by atoms with van der Waals surface area (Å²) in [6, 6.07) is 9.20. The highest BCUT2D eigenvalue weighted by Crippen LogP contribution is 2.30. The molecule has 0 aliphatic rings. The summed E-state index contributed by atoms with van der Waals surface area (Å²) >= 11 is 6.33. The minimum Gasteiger partial charge on any atom is -0.404 e. The molecule has 0 fully saturated rings. The number of hydrogen-bond acceptors (Lipinski definition) is 6. The van der Waals surface area contributed by atoms with Gasteiger partial charge >= 0.3 is 12.4 Å². The molecule has 35 heavy (non-hydrogen) atoms. The van der Waals surface area contributed by atoms with E-state index in [0.717, 1.165) is 24.6 Å². The zero-order valence-corrected chi connectivity index (χ0v) is 19.0. The van der Waals surface area contributed by atoms with Crippen molar-refractivity contribution in [2.45, 2.75) is 19.3 Å². The van der Waals surface area contributed by atoms with Crippen LogP contribution in [0.1, 0.15) is 12.0 Å². The Bertz CT molecular complexity index is 1240. The molecule has 0 saturated carbocycles. The van der Waals surface area contributed by atoms with Crippen molar-refractivity contribution in [3.8, 4) is 16.9 Å². The van der Waals surface area contributed by atoms with Crippen LogP contribution in [-0.2, 0) is 6.54 Å². The molecular formula is C22H22ClF3N6O3. The van der Waals surface area contributed by atoms with Gasteiger partial charge in [0.15, 0.2) is 5.75 Å². The number of ether oxygens (including phenoxy) is 1. The summed E-state index contributed by atoms with van der Waals surface area (Å²) in [5, 5.41) is 8.15. The van der Waals surface area contributed by atoms with Crippen LogP contribution in [-0.4, -0.2) is 35.5 Å². The molecule has 0 radical (unpaired) electrons. The largest absolute Gasteiger partial charge is 0.573 e. The van der Waals surface area contributed by atoms with Gasteiger partial charge in [-0.15, -0.1) is 13.2 Å². The van der Waals surface area contributed by atoms with Crippen LogP contribution in [0.4, 0.5) is 29.6 Å². The van der Waals surface area contributed by atoms with Crippen LogP contribution in [0.5, 0.6) is 5.75 Å². The lowest BCUT2D eigenvalue weighted by atomic mass is 10.1. The first-order valence-corrected chi connectivity index (χ1v) is 10.8. The van der Waals surface area contributed by atoms with Gasteiger partial charge in [0.25, 0.3) is 5.56 Å². The van der Waals surface area contributed by atoms with E-state index in [1.54, 1.807) is 18.2 Å². The van der Waals surface area contributed by atoms with E-state index in [0.29, 0.717) is 23.7 Å². The number of aromatic nitrogens is 2. The van der Waals surface area contributed by atoms with Gasteiger partial charge in [-0.3, -0.25) is 10.1 Å². The van der Waals surface area contributed by atoms with Crippen molar-refractivity contribution in [1.29, 1.82) is 0 Å². The normalized spacial score (nSPS) is 11.2. The Labute approximate surface area is 202 Å². The number of H-pyrrole nitrogens is 1. The Kier molecular flexibility index (Phi) is 8.68. The lowest BCUT2D eigenvalue weighted by Crippen LogP contribution is -2.24. The van der Waals surface area contributed by atoms with Gasteiger partial charge in [-0.25, -0.2) is 4.79 Å². The fourth-order valence-corrected chi connectivity index (χ4v) is 3.27. The van der Waals surface area contributed by atoms with Gasteiger partial charge in [0, 0.05) is 17.8 Å². The van der Waals surface area contributed by atoms with E-state index in [2.05, 4.69) is 30.7 Å². The maximum atomic E-state index is 12.5. The Hall–Kier alpha value is -3.61. The van der Waals surface area contributed by atoms with Crippen molar-refractivity contribution in [2.24, 2.45) is 5.73 Å². The fraction of sp³-hybridized carbons (Fsp3) is 0.227. The second-order valence-electron chi connectivity index (χ2n) is 7.22. The minimum atomic E-state index is -4.93. The molecule has 0 aliphatic carbocycles. The molecule has 3 rings (SSSR count). The van der Waals surface area contributed by atoms with E-state index in [1.807, 2.05) is 0 Å². The molecular weight excluding hydrogens is 489 g/mol. The number of alkyl halides is 3. The van der Waals surface area contributed by atoms with Crippen molar-refractivity contribution in [1.82, 2.24) is 15.3 Å². The number of benzene rings is 2. The van der Waals surface area contributed by atoms with Gasteiger partial charge in [-0.1, -0.05) is 35.9 Å². The average molecular weight is 511 g/mol. The van der Waals surface area contributed by atoms with Crippen molar-refractivity contribution in [2.75, 3.05) is 23.7 Å². The third kappa shape index (κ3) is 7.70. The Morgan fingerprint density at radius 2 is 1.94 bits per heavy atom. The molecule has 6 N–H and O–H groups in total. The van der Waals surface area contributed by atoms with Gasteiger partial charge in [-0.05, 0) is 48.8 Å². The minimum absolute atomic E-state index is 0.211. The monoisotopic (exact) mass is 510 g/mol. The third-order valence-electron chi connectivity index (χ3n) is 4.63. The van der Waals surface area contributed by atoms with E-state index in [1.165, 1.54) is 24.4 Å². The molecule has 1 heterocycles. The number of carbonyl (C=O) groups excluding carboxylic acids is 1. The second kappa shape index (κ2) is 11.7. The van der Waals surface area contributed by atoms with E-state index in [-0.39, 0.29) is 17.2 Å². The molecule has 3 aromatic rings. The van der Waals surface area contributed by atoms with Crippen molar-refractivity contribution in [3.63, 3.8) is 0 Å². The van der Waals surface area contributed by atoms with Gasteiger partial charge < -0.3 is 26.1 Å². The van der Waals surface area contributed by atoms with E-state index < -0.39 is 23.7 Å². The number of nitrogens with two attached hydrogens (primary N) is 1. The maximum Gasteiger partial charge on any atom is 0.573 e. The molecule has 9 nitrogen and oxygen atoms in total. The number of carbonyl (C=O) groups is 1. The number of amides is 2. The van der Waals surface area contributed by atoms with Gasteiger partial charge in [-0.2, -0.15) is 4.98 Å². The highest BCUT2D eigenvalue weighted by Gasteiger charge is 2.32. The highest BCUT2D eigenvalue weighted by molar-refractivity contribution is 6.31. The molecule has 0 saturated heterocycles. The standard InChI is InChI=1S/C22H22ClF3N6O3/c23-16-10-13(6-7-14(16)11-28-9-3-8-27)15-12-29-20(31-19(15)33)32-21(34)30-17-4-1-2-5-18(17)35-22(24,25)26/h1-2,4-7,10,12,28H,3,8-9,11,27H2,(H3,29,30,31,32,33,34). The molecule has 0 unspecified atom stereocenters. The van der Waals surface area contributed by atoms with Crippen molar-refractivity contribution < 1.29 is 22.7 Å². The van der Waals surface area contributed by atoms with Gasteiger partial charge in [0.2, 0.25) is 5.95 Å². The molecule has 13 heteroatoms. The number of halogens is 4. The molecule has 186 valence electrons. The number of nitrogens with one attached hydrogen (secondary N) is 4. The Morgan fingerprint density at radius 1 is 1.17 bits per heavy atom.